The quantitative estimate of drug-likeness (QED) is 0.662. The van der Waals surface area contributed by atoms with Crippen LogP contribution in [0.2, 0.25) is 0 Å². The summed E-state index contributed by atoms with van der Waals surface area (Å²) in [6.07, 6.45) is 0. The van der Waals surface area contributed by atoms with E-state index in [1.807, 2.05) is 0 Å². The second-order valence-corrected chi connectivity index (χ2v) is 5.18. The first-order chi connectivity index (χ1) is 6.97. The lowest BCUT2D eigenvalue weighted by Gasteiger charge is -2.42. The molecule has 0 aliphatic heterocycles. The van der Waals surface area contributed by atoms with E-state index in [1.54, 1.807) is 0 Å². The third-order valence-electron chi connectivity index (χ3n) is 3.73. The van der Waals surface area contributed by atoms with E-state index in [2.05, 4.69) is 65.1 Å². The van der Waals surface area contributed by atoms with Gasteiger partial charge in [-0.25, -0.2) is 0 Å². The molecule has 15 heavy (non-hydrogen) atoms. The summed E-state index contributed by atoms with van der Waals surface area (Å²) < 4.78 is 1.10. The zero-order valence-corrected chi connectivity index (χ0v) is 10.7. The molecule has 0 fully saturated rings. The summed E-state index contributed by atoms with van der Waals surface area (Å²) in [6, 6.07) is 12.1. The van der Waals surface area contributed by atoms with Crippen molar-refractivity contribution in [2.75, 3.05) is 7.05 Å². The molecule has 0 amide bonds. The van der Waals surface area contributed by atoms with Gasteiger partial charge in [0.25, 0.3) is 0 Å². The summed E-state index contributed by atoms with van der Waals surface area (Å²) in [5.41, 5.74) is 1.43. The lowest BCUT2D eigenvalue weighted by Crippen LogP contribution is -2.53. The van der Waals surface area contributed by atoms with E-state index in [-0.39, 0.29) is 0 Å². The van der Waals surface area contributed by atoms with Crippen LogP contribution in [0, 0.1) is 0 Å². The Balaban J connectivity index is 2.85. The topological polar surface area (TPSA) is 0 Å². The molecule has 1 rings (SSSR count). The molecule has 84 valence electrons. The molecule has 1 aromatic rings. The summed E-state index contributed by atoms with van der Waals surface area (Å²) in [6.45, 7) is 10.4. The van der Waals surface area contributed by atoms with Crippen molar-refractivity contribution in [3.8, 4) is 0 Å². The highest BCUT2D eigenvalue weighted by atomic mass is 15.4. The molecule has 0 aromatic heterocycles. The average Bonchev–Trinajstić information content (AvgIpc) is 2.18. The first-order valence-corrected chi connectivity index (χ1v) is 5.85. The third kappa shape index (κ3) is 2.82. The Bertz CT molecular complexity index is 279. The average molecular weight is 206 g/mol. The number of quaternary nitrogens is 1. The van der Waals surface area contributed by atoms with Gasteiger partial charge < -0.3 is 4.48 Å². The second-order valence-electron chi connectivity index (χ2n) is 5.18. The Kier molecular flexibility index (Phi) is 3.92. The molecule has 1 aromatic carbocycles. The number of hydrogen-bond donors (Lipinski definition) is 0. The molecule has 0 saturated heterocycles. The molecule has 0 atom stereocenters. The smallest absolute Gasteiger partial charge is 0.105 e. The molecule has 0 heterocycles. The molecule has 0 aliphatic rings. The molecule has 1 nitrogen and oxygen atoms in total. The van der Waals surface area contributed by atoms with Crippen molar-refractivity contribution in [3.63, 3.8) is 0 Å². The van der Waals surface area contributed by atoms with Crippen LogP contribution in [0.3, 0.4) is 0 Å². The van der Waals surface area contributed by atoms with Gasteiger partial charge in [0, 0.05) is 5.56 Å². The minimum atomic E-state index is 0.658. The van der Waals surface area contributed by atoms with Gasteiger partial charge in [0.2, 0.25) is 0 Å². The van der Waals surface area contributed by atoms with Crippen LogP contribution in [0.4, 0.5) is 0 Å². The van der Waals surface area contributed by atoms with Crippen LogP contribution in [0.15, 0.2) is 30.3 Å². The van der Waals surface area contributed by atoms with Crippen molar-refractivity contribution in [2.45, 2.75) is 46.3 Å². The Morgan fingerprint density at radius 2 is 1.40 bits per heavy atom. The maximum atomic E-state index is 2.35. The maximum Gasteiger partial charge on any atom is 0.105 e. The first-order valence-electron chi connectivity index (χ1n) is 5.85. The van der Waals surface area contributed by atoms with Gasteiger partial charge in [0.15, 0.2) is 0 Å². The predicted octanol–water partition coefficient (Wildman–Crippen LogP) is 3.45. The van der Waals surface area contributed by atoms with Crippen molar-refractivity contribution in [3.05, 3.63) is 35.9 Å². The van der Waals surface area contributed by atoms with Gasteiger partial charge in [-0.05, 0) is 27.7 Å². The molecule has 0 N–H and O–H groups in total. The van der Waals surface area contributed by atoms with Crippen LogP contribution >= 0.6 is 0 Å². The van der Waals surface area contributed by atoms with Crippen LogP contribution in [-0.4, -0.2) is 23.6 Å². The summed E-state index contributed by atoms with van der Waals surface area (Å²) in [4.78, 5) is 0. The van der Waals surface area contributed by atoms with Crippen LogP contribution < -0.4 is 0 Å². The Labute approximate surface area is 94.3 Å². The summed E-state index contributed by atoms with van der Waals surface area (Å²) in [5.74, 6) is 0. The van der Waals surface area contributed by atoms with E-state index in [0.717, 1.165) is 11.0 Å². The van der Waals surface area contributed by atoms with E-state index in [0.29, 0.717) is 12.1 Å². The molecule has 0 aliphatic carbocycles. The summed E-state index contributed by atoms with van der Waals surface area (Å²) in [7, 11) is 2.35. The minimum absolute atomic E-state index is 0.658. The zero-order valence-electron chi connectivity index (χ0n) is 10.7. The van der Waals surface area contributed by atoms with Crippen molar-refractivity contribution < 1.29 is 4.48 Å². The van der Waals surface area contributed by atoms with E-state index >= 15 is 0 Å². The largest absolute Gasteiger partial charge is 0.318 e. The molecule has 0 saturated carbocycles. The zero-order chi connectivity index (χ0) is 11.5. The van der Waals surface area contributed by atoms with Gasteiger partial charge in [-0.2, -0.15) is 0 Å². The molecule has 0 unspecified atom stereocenters. The number of nitrogens with zero attached hydrogens (tertiary/aromatic N) is 1. The first kappa shape index (κ1) is 12.3. The predicted molar refractivity (Wildman–Crippen MR) is 66.6 cm³/mol. The molecular formula is C14H24N+. The van der Waals surface area contributed by atoms with Crippen LogP contribution in [0.25, 0.3) is 0 Å². The van der Waals surface area contributed by atoms with Gasteiger partial charge in [0.1, 0.15) is 6.54 Å². The molecule has 0 bridgehead atoms. The second kappa shape index (κ2) is 4.80. The molecule has 0 radical (unpaired) electrons. The number of rotatable bonds is 4. The lowest BCUT2D eigenvalue weighted by molar-refractivity contribution is -0.961. The summed E-state index contributed by atoms with van der Waals surface area (Å²) >= 11 is 0. The van der Waals surface area contributed by atoms with Crippen molar-refractivity contribution in [1.29, 1.82) is 0 Å². The third-order valence-corrected chi connectivity index (χ3v) is 3.73. The van der Waals surface area contributed by atoms with Crippen molar-refractivity contribution >= 4 is 0 Å². The Hall–Kier alpha value is -0.820. The minimum Gasteiger partial charge on any atom is -0.318 e. The fraction of sp³-hybridized carbons (Fsp3) is 0.571. The summed E-state index contributed by atoms with van der Waals surface area (Å²) in [5, 5.41) is 0. The highest BCUT2D eigenvalue weighted by molar-refractivity contribution is 5.13. The number of benzene rings is 1. The van der Waals surface area contributed by atoms with Gasteiger partial charge >= 0.3 is 0 Å². The van der Waals surface area contributed by atoms with E-state index in [9.17, 15) is 0 Å². The van der Waals surface area contributed by atoms with Crippen molar-refractivity contribution in [2.24, 2.45) is 0 Å². The SMILES string of the molecule is CC(C)[N+](C)(Cc1ccccc1)C(C)C. The van der Waals surface area contributed by atoms with Gasteiger partial charge in [-0.3, -0.25) is 0 Å². The van der Waals surface area contributed by atoms with Gasteiger partial charge in [-0.15, -0.1) is 0 Å². The Morgan fingerprint density at radius 3 is 1.80 bits per heavy atom. The standard InChI is InChI=1S/C14H24N/c1-12(2)15(5,13(3)4)11-14-9-7-6-8-10-14/h6-10,12-13H,11H2,1-5H3/q+1. The highest BCUT2D eigenvalue weighted by Gasteiger charge is 2.29. The van der Waals surface area contributed by atoms with E-state index in [1.165, 1.54) is 5.56 Å². The Morgan fingerprint density at radius 1 is 0.933 bits per heavy atom. The van der Waals surface area contributed by atoms with Gasteiger partial charge in [0.05, 0.1) is 19.1 Å². The normalized spacial score (nSPS) is 12.5. The van der Waals surface area contributed by atoms with Crippen LogP contribution in [-0.2, 0) is 6.54 Å². The van der Waals surface area contributed by atoms with Crippen LogP contribution in [0.1, 0.15) is 33.3 Å². The molecule has 0 spiro atoms. The monoisotopic (exact) mass is 206 g/mol. The van der Waals surface area contributed by atoms with Crippen molar-refractivity contribution in [1.82, 2.24) is 0 Å². The van der Waals surface area contributed by atoms with E-state index < -0.39 is 0 Å². The lowest BCUT2D eigenvalue weighted by atomic mass is 10.1. The fourth-order valence-electron chi connectivity index (χ4n) is 1.94. The maximum absolute atomic E-state index is 2.35. The van der Waals surface area contributed by atoms with Crippen LogP contribution in [0.5, 0.6) is 0 Å². The molecular weight excluding hydrogens is 182 g/mol. The van der Waals surface area contributed by atoms with Gasteiger partial charge in [-0.1, -0.05) is 30.3 Å². The van der Waals surface area contributed by atoms with E-state index in [4.69, 9.17) is 0 Å². The fourth-order valence-corrected chi connectivity index (χ4v) is 1.94. The highest BCUT2D eigenvalue weighted by Crippen LogP contribution is 2.20. The molecule has 1 heteroatoms. The number of hydrogen-bond acceptors (Lipinski definition) is 0.